The molecule has 1 saturated heterocycles. The lowest BCUT2D eigenvalue weighted by Crippen LogP contribution is -1.82. The topological polar surface area (TPSA) is 21.9 Å². The van der Waals surface area contributed by atoms with E-state index in [0.29, 0.717) is 0 Å². The Bertz CT molecular complexity index is 53.5. The fraction of sp³-hybridized carbons (Fsp3) is 1.00. The number of halogens is 1. The molecule has 0 bridgehead atoms. The molecule has 6 heavy (non-hydrogen) atoms. The van der Waals surface area contributed by atoms with Crippen molar-refractivity contribution in [2.45, 2.75) is 25.7 Å². The van der Waals surface area contributed by atoms with Crippen LogP contribution in [0.2, 0.25) is 0 Å². The predicted molar refractivity (Wildman–Crippen MR) is 22.1 cm³/mol. The van der Waals surface area contributed by atoms with Crippen LogP contribution in [0.5, 0.6) is 0 Å². The molecule has 36 valence electrons. The summed E-state index contributed by atoms with van der Waals surface area (Å²) in [6.45, 7) is 1.97. The Balaban J connectivity index is 2.09. The summed E-state index contributed by atoms with van der Waals surface area (Å²) in [5, 5.41) is 2.61. The van der Waals surface area contributed by atoms with Gasteiger partial charge in [0.1, 0.15) is 0 Å². The molecule has 1 rings (SSSR count). The molecule has 0 spiro atoms. The van der Waals surface area contributed by atoms with E-state index in [1.807, 2.05) is 6.92 Å². The fourth-order valence-corrected chi connectivity index (χ4v) is 0.474. The molecule has 1 heterocycles. The number of hydrogen-bond donors (Lipinski definition) is 1. The average Bonchev–Trinajstić information content (AvgIpc) is 2.19. The maximum absolute atomic E-state index is 11.7. The first-order valence-corrected chi connectivity index (χ1v) is 2.24. The molecule has 2 unspecified atom stereocenters. The van der Waals surface area contributed by atoms with Gasteiger partial charge < -0.3 is 0 Å². The van der Waals surface area contributed by atoms with E-state index in [4.69, 9.17) is 0 Å². The van der Waals surface area contributed by atoms with Crippen molar-refractivity contribution in [2.75, 3.05) is 0 Å². The number of hydrogen-bond acceptors (Lipinski definition) is 1. The second kappa shape index (κ2) is 1.19. The highest BCUT2D eigenvalue weighted by Gasteiger charge is 2.33. The van der Waals surface area contributed by atoms with Crippen LogP contribution >= 0.6 is 0 Å². The van der Waals surface area contributed by atoms with Gasteiger partial charge in [-0.1, -0.05) is 6.92 Å². The van der Waals surface area contributed by atoms with Crippen molar-refractivity contribution in [1.29, 1.82) is 0 Å². The van der Waals surface area contributed by atoms with E-state index < -0.39 is 6.30 Å². The molecular weight excluding hydrogens is 81.0 g/mol. The molecule has 1 aliphatic heterocycles. The van der Waals surface area contributed by atoms with Gasteiger partial charge in [-0.05, 0) is 6.42 Å². The Morgan fingerprint density at radius 2 is 2.33 bits per heavy atom. The maximum atomic E-state index is 11.7. The van der Waals surface area contributed by atoms with Crippen LogP contribution in [0, 0.1) is 0 Å². The van der Waals surface area contributed by atoms with Crippen LogP contribution in [0.1, 0.15) is 13.3 Å². The highest BCUT2D eigenvalue weighted by molar-refractivity contribution is 4.87. The molecule has 0 radical (unpaired) electrons. The summed E-state index contributed by atoms with van der Waals surface area (Å²) in [5.74, 6) is 0. The van der Waals surface area contributed by atoms with Gasteiger partial charge in [-0.3, -0.25) is 5.32 Å². The van der Waals surface area contributed by atoms with Crippen molar-refractivity contribution in [3.05, 3.63) is 0 Å². The second-order valence-electron chi connectivity index (χ2n) is 1.58. The molecule has 0 aromatic rings. The van der Waals surface area contributed by atoms with Crippen LogP contribution in [0.3, 0.4) is 0 Å². The van der Waals surface area contributed by atoms with Crippen LogP contribution in [0.4, 0.5) is 4.39 Å². The summed E-state index contributed by atoms with van der Waals surface area (Å²) in [6, 6.07) is 0.185. The van der Waals surface area contributed by atoms with Gasteiger partial charge in [-0.2, -0.15) is 0 Å². The van der Waals surface area contributed by atoms with Gasteiger partial charge in [0.2, 0.25) is 0 Å². The highest BCUT2D eigenvalue weighted by atomic mass is 19.1. The molecule has 2 heteroatoms. The molecule has 0 saturated carbocycles. The van der Waals surface area contributed by atoms with E-state index in [-0.39, 0.29) is 6.04 Å². The Morgan fingerprint density at radius 1 is 1.83 bits per heavy atom. The minimum atomic E-state index is -0.685. The smallest absolute Gasteiger partial charge is 0.167 e. The molecule has 1 N–H and O–H groups in total. The predicted octanol–water partition coefficient (Wildman–Crippen LogP) is 0.664. The summed E-state index contributed by atoms with van der Waals surface area (Å²) in [7, 11) is 0. The zero-order chi connectivity index (χ0) is 4.57. The van der Waals surface area contributed by atoms with E-state index in [1.165, 1.54) is 0 Å². The summed E-state index contributed by atoms with van der Waals surface area (Å²) in [4.78, 5) is 0. The van der Waals surface area contributed by atoms with E-state index >= 15 is 0 Å². The van der Waals surface area contributed by atoms with E-state index in [2.05, 4.69) is 5.32 Å². The molecule has 2 atom stereocenters. The standard InChI is InChI=1S/C4H8FN/c1-2-3-4(5)6-3/h3-4,6H,2H2,1H3. The third-order valence-electron chi connectivity index (χ3n) is 1.06. The first kappa shape index (κ1) is 4.06. The quantitative estimate of drug-likeness (QED) is 0.370. The zero-order valence-electron chi connectivity index (χ0n) is 3.74. The molecule has 0 amide bonds. The Morgan fingerprint density at radius 3 is 2.33 bits per heavy atom. The van der Waals surface area contributed by atoms with Gasteiger partial charge in [0.15, 0.2) is 6.30 Å². The van der Waals surface area contributed by atoms with Crippen molar-refractivity contribution in [3.8, 4) is 0 Å². The highest BCUT2D eigenvalue weighted by Crippen LogP contribution is 2.13. The van der Waals surface area contributed by atoms with Gasteiger partial charge in [0.05, 0.1) is 6.04 Å². The molecule has 0 aromatic carbocycles. The van der Waals surface area contributed by atoms with Gasteiger partial charge in [0.25, 0.3) is 0 Å². The lowest BCUT2D eigenvalue weighted by molar-refractivity contribution is 0.455. The maximum Gasteiger partial charge on any atom is 0.167 e. The fourth-order valence-electron chi connectivity index (χ4n) is 0.474. The molecule has 1 nitrogen and oxygen atoms in total. The largest absolute Gasteiger partial charge is 0.279 e. The Hall–Kier alpha value is -0.110. The van der Waals surface area contributed by atoms with Crippen molar-refractivity contribution < 1.29 is 4.39 Å². The van der Waals surface area contributed by atoms with Crippen molar-refractivity contribution in [1.82, 2.24) is 5.32 Å². The summed E-state index contributed by atoms with van der Waals surface area (Å²) in [6.07, 6.45) is 0.233. The molecule has 1 fully saturated rings. The first-order chi connectivity index (χ1) is 2.84. The number of alkyl halides is 1. The summed E-state index contributed by atoms with van der Waals surface area (Å²) in [5.41, 5.74) is 0. The Labute approximate surface area is 36.5 Å². The van der Waals surface area contributed by atoms with Crippen molar-refractivity contribution in [3.63, 3.8) is 0 Å². The van der Waals surface area contributed by atoms with Crippen LogP contribution in [0.15, 0.2) is 0 Å². The first-order valence-electron chi connectivity index (χ1n) is 2.24. The number of nitrogens with one attached hydrogen (secondary N) is 1. The van der Waals surface area contributed by atoms with Crippen molar-refractivity contribution >= 4 is 0 Å². The van der Waals surface area contributed by atoms with E-state index in [9.17, 15) is 4.39 Å². The van der Waals surface area contributed by atoms with Crippen LogP contribution in [0.25, 0.3) is 0 Å². The second-order valence-corrected chi connectivity index (χ2v) is 1.58. The third-order valence-corrected chi connectivity index (χ3v) is 1.06. The summed E-state index contributed by atoms with van der Waals surface area (Å²) < 4.78 is 11.7. The van der Waals surface area contributed by atoms with E-state index in [0.717, 1.165) is 6.42 Å². The lowest BCUT2D eigenvalue weighted by Gasteiger charge is -1.73. The van der Waals surface area contributed by atoms with Crippen LogP contribution < -0.4 is 5.32 Å². The van der Waals surface area contributed by atoms with Crippen LogP contribution in [-0.2, 0) is 0 Å². The Kier molecular flexibility index (Phi) is 0.804. The summed E-state index contributed by atoms with van der Waals surface area (Å²) >= 11 is 0. The van der Waals surface area contributed by atoms with Gasteiger partial charge in [0, 0.05) is 0 Å². The molecular formula is C4H8FN. The van der Waals surface area contributed by atoms with Gasteiger partial charge in [-0.15, -0.1) is 0 Å². The lowest BCUT2D eigenvalue weighted by atomic mass is 10.4. The molecule has 0 aliphatic carbocycles. The molecule has 0 aromatic heterocycles. The third kappa shape index (κ3) is 0.522. The molecule has 1 aliphatic rings. The SMILES string of the molecule is CCC1NC1F. The minimum absolute atomic E-state index is 0.185. The van der Waals surface area contributed by atoms with Gasteiger partial charge >= 0.3 is 0 Å². The van der Waals surface area contributed by atoms with E-state index in [1.54, 1.807) is 0 Å². The number of rotatable bonds is 1. The van der Waals surface area contributed by atoms with Crippen LogP contribution in [-0.4, -0.2) is 12.3 Å². The monoisotopic (exact) mass is 89.1 g/mol. The van der Waals surface area contributed by atoms with Gasteiger partial charge in [-0.25, -0.2) is 4.39 Å². The van der Waals surface area contributed by atoms with Crippen molar-refractivity contribution in [2.24, 2.45) is 0 Å². The minimum Gasteiger partial charge on any atom is -0.279 e. The zero-order valence-corrected chi connectivity index (χ0v) is 3.74. The normalized spacial score (nSPS) is 43.0. The average molecular weight is 89.1 g/mol.